The maximum atomic E-state index is 5.97. The fourth-order valence-electron chi connectivity index (χ4n) is 0.761. The summed E-state index contributed by atoms with van der Waals surface area (Å²) in [5.74, 6) is 0. The first-order chi connectivity index (χ1) is 6.24. The third kappa shape index (κ3) is 10.3. The Morgan fingerprint density at radius 2 is 1.14 bits per heavy atom. The van der Waals surface area contributed by atoms with E-state index in [1.54, 1.807) is 0 Å². The van der Waals surface area contributed by atoms with E-state index < -0.39 is 16.6 Å². The van der Waals surface area contributed by atoms with Gasteiger partial charge in [0.1, 0.15) is 21.0 Å². The molecular formula is C8H24O2Si4. The van der Waals surface area contributed by atoms with E-state index in [4.69, 9.17) is 4.12 Å². The van der Waals surface area contributed by atoms with Crippen molar-refractivity contribution in [3.8, 4) is 0 Å². The molecule has 0 amide bonds. The Labute approximate surface area is 96.7 Å². The third-order valence-corrected chi connectivity index (χ3v) is 7.68. The van der Waals surface area contributed by atoms with Gasteiger partial charge in [0.25, 0.3) is 0 Å². The Bertz CT molecular complexity index is 162. The minimum Gasteiger partial charge on any atom is -0.471 e. The summed E-state index contributed by atoms with van der Waals surface area (Å²) in [6.07, 6.45) is 0. The van der Waals surface area contributed by atoms with Gasteiger partial charge in [0.05, 0.1) is 0 Å². The normalized spacial score (nSPS) is 11.7. The molecule has 0 aliphatic carbocycles. The lowest BCUT2D eigenvalue weighted by atomic mass is 11.3. The van der Waals surface area contributed by atoms with Gasteiger partial charge >= 0.3 is 0 Å². The van der Waals surface area contributed by atoms with Gasteiger partial charge in [-0.15, -0.1) is 13.2 Å². The molecule has 0 N–H and O–H groups in total. The van der Waals surface area contributed by atoms with E-state index in [9.17, 15) is 0 Å². The smallest absolute Gasteiger partial charge is 0.198 e. The molecule has 0 aromatic carbocycles. The molecule has 0 heterocycles. The monoisotopic (exact) mass is 264 g/mol. The van der Waals surface area contributed by atoms with E-state index in [1.165, 1.54) is 0 Å². The van der Waals surface area contributed by atoms with E-state index in [0.29, 0.717) is 0 Å². The molecule has 0 bridgehead atoms. The quantitative estimate of drug-likeness (QED) is 0.686. The van der Waals surface area contributed by atoms with Gasteiger partial charge in [-0.3, -0.25) is 0 Å². The standard InChI is InChI=1S/C8H18OSi2.H6OSi2/c1-7-10(3,4)9-11(5,6)8-2;2-1-3/h7-8H,1-2H2,3-6H3;2-3H3. The van der Waals surface area contributed by atoms with E-state index in [-0.39, 0.29) is 0 Å². The molecule has 0 aliphatic heterocycles. The van der Waals surface area contributed by atoms with Crippen LogP contribution in [0.4, 0.5) is 0 Å². The number of hydrogen-bond donors (Lipinski definition) is 0. The molecular weight excluding hydrogens is 240 g/mol. The Morgan fingerprint density at radius 3 is 1.29 bits per heavy atom. The van der Waals surface area contributed by atoms with Crippen LogP contribution >= 0.6 is 0 Å². The van der Waals surface area contributed by atoms with E-state index in [2.05, 4.69) is 43.5 Å². The van der Waals surface area contributed by atoms with Crippen molar-refractivity contribution in [2.45, 2.75) is 26.2 Å². The third-order valence-electron chi connectivity index (χ3n) is 1.51. The predicted octanol–water partition coefficient (Wildman–Crippen LogP) is 0.427. The summed E-state index contributed by atoms with van der Waals surface area (Å²) in [6, 6.07) is 0. The molecule has 0 rings (SSSR count). The Balaban J connectivity index is 0. The maximum absolute atomic E-state index is 5.97. The van der Waals surface area contributed by atoms with Crippen LogP contribution in [0.15, 0.2) is 24.6 Å². The summed E-state index contributed by atoms with van der Waals surface area (Å²) in [4.78, 5) is 0. The highest BCUT2D eigenvalue weighted by atomic mass is 28.4. The first-order valence-electron chi connectivity index (χ1n) is 4.62. The molecule has 0 saturated carbocycles. The van der Waals surface area contributed by atoms with Crippen LogP contribution < -0.4 is 0 Å². The molecule has 84 valence electrons. The van der Waals surface area contributed by atoms with E-state index >= 15 is 0 Å². The van der Waals surface area contributed by atoms with Gasteiger partial charge < -0.3 is 8.23 Å². The second-order valence-corrected chi connectivity index (χ2v) is 15.4. The first-order valence-corrected chi connectivity index (χ1v) is 12.2. The van der Waals surface area contributed by atoms with Crippen molar-refractivity contribution >= 4 is 37.6 Å². The maximum Gasteiger partial charge on any atom is 0.198 e. The lowest BCUT2D eigenvalue weighted by Crippen LogP contribution is -2.41. The highest BCUT2D eigenvalue weighted by Gasteiger charge is 2.27. The van der Waals surface area contributed by atoms with Crippen LogP contribution in [0.3, 0.4) is 0 Å². The second kappa shape index (κ2) is 7.55. The van der Waals surface area contributed by atoms with Gasteiger partial charge in [0.15, 0.2) is 16.6 Å². The van der Waals surface area contributed by atoms with Crippen molar-refractivity contribution in [3.63, 3.8) is 0 Å². The van der Waals surface area contributed by atoms with Crippen LogP contribution in [0.5, 0.6) is 0 Å². The van der Waals surface area contributed by atoms with Crippen LogP contribution in [0, 0.1) is 0 Å². The molecule has 14 heavy (non-hydrogen) atoms. The van der Waals surface area contributed by atoms with Crippen molar-refractivity contribution in [1.82, 2.24) is 0 Å². The molecule has 2 nitrogen and oxygen atoms in total. The molecule has 6 heteroatoms. The van der Waals surface area contributed by atoms with Gasteiger partial charge in [-0.1, -0.05) is 11.4 Å². The Morgan fingerprint density at radius 1 is 0.929 bits per heavy atom. The lowest BCUT2D eigenvalue weighted by molar-refractivity contribution is 0.571. The van der Waals surface area contributed by atoms with Gasteiger partial charge in [-0.2, -0.15) is 0 Å². The van der Waals surface area contributed by atoms with Crippen LogP contribution in [0.25, 0.3) is 0 Å². The molecule has 0 spiro atoms. The predicted molar refractivity (Wildman–Crippen MR) is 77.4 cm³/mol. The zero-order valence-corrected chi connectivity index (χ0v) is 16.4. The Hall–Kier alpha value is 0.268. The van der Waals surface area contributed by atoms with Crippen LogP contribution in [0.1, 0.15) is 0 Å². The fourth-order valence-corrected chi connectivity index (χ4v) is 6.85. The fraction of sp³-hybridized carbons (Fsp3) is 0.500. The summed E-state index contributed by atoms with van der Waals surface area (Å²) >= 11 is 0. The Kier molecular flexibility index (Phi) is 8.99. The SMILES string of the molecule is C=C[Si](C)(C)O[Si](C)(C)C=C.[SiH3]O[SiH3]. The zero-order valence-electron chi connectivity index (χ0n) is 10.4. The number of hydrogen-bond acceptors (Lipinski definition) is 2. The minimum absolute atomic E-state index is 0.931. The van der Waals surface area contributed by atoms with Gasteiger partial charge in [0, 0.05) is 0 Å². The molecule has 0 aliphatic rings. The molecule has 0 fully saturated rings. The van der Waals surface area contributed by atoms with Gasteiger partial charge in [-0.05, 0) is 26.2 Å². The lowest BCUT2D eigenvalue weighted by Gasteiger charge is -2.29. The minimum atomic E-state index is -1.58. The topological polar surface area (TPSA) is 18.5 Å². The van der Waals surface area contributed by atoms with Gasteiger partial charge in [-0.25, -0.2) is 0 Å². The summed E-state index contributed by atoms with van der Waals surface area (Å²) in [5.41, 5.74) is 3.93. The second-order valence-electron chi connectivity index (χ2n) is 4.13. The summed E-state index contributed by atoms with van der Waals surface area (Å²) < 4.78 is 10.5. The molecule has 0 aromatic heterocycles. The molecule has 0 unspecified atom stereocenters. The van der Waals surface area contributed by atoms with Crippen molar-refractivity contribution < 1.29 is 8.23 Å². The van der Waals surface area contributed by atoms with E-state index in [1.807, 2.05) is 11.4 Å². The van der Waals surface area contributed by atoms with Crippen molar-refractivity contribution in [2.75, 3.05) is 0 Å². The van der Waals surface area contributed by atoms with Crippen LogP contribution in [-0.2, 0) is 8.23 Å². The van der Waals surface area contributed by atoms with Crippen molar-refractivity contribution in [2.24, 2.45) is 0 Å². The zero-order chi connectivity index (χ0) is 11.8. The molecule has 0 saturated heterocycles. The van der Waals surface area contributed by atoms with E-state index in [0.717, 1.165) is 21.0 Å². The highest BCUT2D eigenvalue weighted by Crippen LogP contribution is 2.15. The average molecular weight is 265 g/mol. The average Bonchev–Trinajstić information content (AvgIpc) is 2.04. The van der Waals surface area contributed by atoms with Crippen LogP contribution in [0.2, 0.25) is 26.2 Å². The molecule has 0 radical (unpaired) electrons. The first kappa shape index (κ1) is 16.7. The van der Waals surface area contributed by atoms with Crippen molar-refractivity contribution in [1.29, 1.82) is 0 Å². The summed E-state index contributed by atoms with van der Waals surface area (Å²) in [6.45, 7) is 16.2. The van der Waals surface area contributed by atoms with Gasteiger partial charge in [0.2, 0.25) is 0 Å². The highest BCUT2D eigenvalue weighted by molar-refractivity contribution is 6.89. The summed E-state index contributed by atoms with van der Waals surface area (Å²) in [5, 5.41) is 0. The van der Waals surface area contributed by atoms with Crippen molar-refractivity contribution in [3.05, 3.63) is 24.6 Å². The summed E-state index contributed by atoms with van der Waals surface area (Å²) in [7, 11) is -1.30. The molecule has 0 atom stereocenters. The molecule has 0 aromatic rings. The number of rotatable bonds is 4. The van der Waals surface area contributed by atoms with Crippen LogP contribution in [-0.4, -0.2) is 37.6 Å². The largest absolute Gasteiger partial charge is 0.471 e.